The second-order valence-corrected chi connectivity index (χ2v) is 7.29. The quantitative estimate of drug-likeness (QED) is 0.400. The van der Waals surface area contributed by atoms with Crippen molar-refractivity contribution in [3.05, 3.63) is 29.8 Å². The van der Waals surface area contributed by atoms with Crippen molar-refractivity contribution in [3.63, 3.8) is 0 Å². The van der Waals surface area contributed by atoms with E-state index >= 15 is 0 Å². The van der Waals surface area contributed by atoms with Gasteiger partial charge in [0.1, 0.15) is 5.60 Å². The lowest BCUT2D eigenvalue weighted by molar-refractivity contribution is -0.153. The zero-order valence-electron chi connectivity index (χ0n) is 17.0. The predicted octanol–water partition coefficient (Wildman–Crippen LogP) is 3.06. The first-order valence-electron chi connectivity index (χ1n) is 9.06. The number of carbonyl (C=O) groups excluding carboxylic acids is 4. The molecular weight excluding hydrogens is 364 g/mol. The van der Waals surface area contributed by atoms with E-state index in [1.54, 1.807) is 45.0 Å². The maximum Gasteiger partial charge on any atom is 0.407 e. The Bertz CT molecular complexity index is 706. The number of ketones is 1. The molecule has 1 aromatic rings. The van der Waals surface area contributed by atoms with E-state index in [9.17, 15) is 19.2 Å². The minimum absolute atomic E-state index is 0.0563. The van der Waals surface area contributed by atoms with Gasteiger partial charge in [0.05, 0.1) is 0 Å². The smallest absolute Gasteiger partial charge is 0.407 e. The van der Waals surface area contributed by atoms with Crippen molar-refractivity contribution in [2.75, 3.05) is 11.9 Å². The average molecular weight is 392 g/mol. The van der Waals surface area contributed by atoms with Crippen LogP contribution < -0.4 is 10.6 Å². The molecule has 0 aromatic heterocycles. The molecule has 0 radical (unpaired) electrons. The molecular formula is C20H28N2O6. The summed E-state index contributed by atoms with van der Waals surface area (Å²) in [5, 5.41) is 5.16. The van der Waals surface area contributed by atoms with E-state index in [4.69, 9.17) is 9.47 Å². The van der Waals surface area contributed by atoms with E-state index in [0.29, 0.717) is 17.7 Å². The highest BCUT2D eigenvalue weighted by atomic mass is 16.6. The topological polar surface area (TPSA) is 111 Å². The predicted molar refractivity (Wildman–Crippen MR) is 104 cm³/mol. The second kappa shape index (κ2) is 10.4. The van der Waals surface area contributed by atoms with Gasteiger partial charge in [-0.2, -0.15) is 0 Å². The number of hydrogen-bond acceptors (Lipinski definition) is 6. The number of benzene rings is 1. The van der Waals surface area contributed by atoms with Gasteiger partial charge in [0.25, 0.3) is 5.91 Å². The molecule has 0 saturated heterocycles. The Hall–Kier alpha value is -2.90. The molecule has 154 valence electrons. The number of esters is 1. The van der Waals surface area contributed by atoms with Crippen LogP contribution in [0.4, 0.5) is 10.5 Å². The Morgan fingerprint density at radius 2 is 1.68 bits per heavy atom. The summed E-state index contributed by atoms with van der Waals surface area (Å²) in [6.07, 6.45) is -1.11. The highest BCUT2D eigenvalue weighted by Gasteiger charge is 2.18. The van der Waals surface area contributed by atoms with Crippen molar-refractivity contribution in [1.29, 1.82) is 0 Å². The van der Waals surface area contributed by atoms with E-state index in [0.717, 1.165) is 0 Å². The van der Waals surface area contributed by atoms with Gasteiger partial charge in [0.15, 0.2) is 11.9 Å². The summed E-state index contributed by atoms with van der Waals surface area (Å²) in [7, 11) is 0. The molecule has 0 fully saturated rings. The van der Waals surface area contributed by atoms with Crippen molar-refractivity contribution >= 4 is 29.4 Å². The fraction of sp³-hybridized carbons (Fsp3) is 0.500. The van der Waals surface area contributed by atoms with Crippen LogP contribution in [0.5, 0.6) is 0 Å². The van der Waals surface area contributed by atoms with Gasteiger partial charge in [-0.05, 0) is 65.3 Å². The molecule has 28 heavy (non-hydrogen) atoms. The molecule has 1 atom stereocenters. The van der Waals surface area contributed by atoms with Crippen LogP contribution in [0.3, 0.4) is 0 Å². The maximum atomic E-state index is 12.1. The van der Waals surface area contributed by atoms with Crippen molar-refractivity contribution in [1.82, 2.24) is 5.32 Å². The molecule has 0 unspecified atom stereocenters. The van der Waals surface area contributed by atoms with Gasteiger partial charge in [-0.25, -0.2) is 4.79 Å². The first-order valence-corrected chi connectivity index (χ1v) is 9.06. The van der Waals surface area contributed by atoms with Crippen LogP contribution in [0.15, 0.2) is 24.3 Å². The standard InChI is InChI=1S/C20H28N2O6/c1-13(23)15-8-10-16(11-9-15)22-18(25)14(2)27-17(24)7-6-12-21-19(26)28-20(3,4)5/h8-11,14H,6-7,12H2,1-5H3,(H,21,26)(H,22,25)/t14-/m0/s1. The summed E-state index contributed by atoms with van der Waals surface area (Å²) in [6.45, 7) is 8.46. The molecule has 2 N–H and O–H groups in total. The average Bonchev–Trinajstić information content (AvgIpc) is 2.57. The normalized spacial score (nSPS) is 11.9. The SMILES string of the molecule is CC(=O)c1ccc(NC(=O)[C@H](C)OC(=O)CCCNC(=O)OC(C)(C)C)cc1. The molecule has 1 aromatic carbocycles. The van der Waals surface area contributed by atoms with Gasteiger partial charge < -0.3 is 20.1 Å². The largest absolute Gasteiger partial charge is 0.453 e. The monoisotopic (exact) mass is 392 g/mol. The minimum atomic E-state index is -0.973. The number of amides is 2. The number of carbonyl (C=O) groups is 4. The van der Waals surface area contributed by atoms with Crippen LogP contribution in [-0.2, 0) is 19.1 Å². The lowest BCUT2D eigenvalue weighted by Crippen LogP contribution is -2.33. The zero-order chi connectivity index (χ0) is 21.3. The van der Waals surface area contributed by atoms with E-state index < -0.39 is 29.7 Å². The van der Waals surface area contributed by atoms with E-state index in [2.05, 4.69) is 10.6 Å². The fourth-order valence-electron chi connectivity index (χ4n) is 2.08. The number of hydrogen-bond donors (Lipinski definition) is 2. The summed E-state index contributed by atoms with van der Waals surface area (Å²) in [6, 6.07) is 6.41. The third-order valence-corrected chi connectivity index (χ3v) is 3.46. The number of rotatable bonds is 8. The van der Waals surface area contributed by atoms with E-state index in [1.165, 1.54) is 13.8 Å². The highest BCUT2D eigenvalue weighted by Crippen LogP contribution is 2.11. The lowest BCUT2D eigenvalue weighted by atomic mass is 10.1. The lowest BCUT2D eigenvalue weighted by Gasteiger charge is -2.19. The van der Waals surface area contributed by atoms with Crippen molar-refractivity contribution in [2.45, 2.75) is 59.2 Å². The number of alkyl carbamates (subject to hydrolysis) is 1. The van der Waals surface area contributed by atoms with Crippen LogP contribution in [0.2, 0.25) is 0 Å². The molecule has 0 aliphatic carbocycles. The van der Waals surface area contributed by atoms with Crippen LogP contribution in [0.1, 0.15) is 57.8 Å². The van der Waals surface area contributed by atoms with Gasteiger partial charge >= 0.3 is 12.1 Å². The van der Waals surface area contributed by atoms with Crippen molar-refractivity contribution < 1.29 is 28.7 Å². The zero-order valence-corrected chi connectivity index (χ0v) is 17.0. The highest BCUT2D eigenvalue weighted by molar-refractivity contribution is 5.97. The summed E-state index contributed by atoms with van der Waals surface area (Å²) >= 11 is 0. The first-order chi connectivity index (χ1) is 13.0. The number of anilines is 1. The Morgan fingerprint density at radius 3 is 2.21 bits per heavy atom. The fourth-order valence-corrected chi connectivity index (χ4v) is 2.08. The van der Waals surface area contributed by atoms with Crippen LogP contribution in [-0.4, -0.2) is 42.0 Å². The van der Waals surface area contributed by atoms with Crippen LogP contribution in [0.25, 0.3) is 0 Å². The van der Waals surface area contributed by atoms with Gasteiger partial charge in [-0.1, -0.05) is 0 Å². The number of nitrogens with one attached hydrogen (secondary N) is 2. The Kier molecular flexibility index (Phi) is 8.63. The molecule has 8 heteroatoms. The number of Topliss-reactive ketones (excluding diaryl/α,β-unsaturated/α-hetero) is 1. The van der Waals surface area contributed by atoms with Gasteiger partial charge in [0, 0.05) is 24.2 Å². The molecule has 2 amide bonds. The molecule has 1 rings (SSSR count). The first kappa shape index (κ1) is 23.1. The Morgan fingerprint density at radius 1 is 1.07 bits per heavy atom. The van der Waals surface area contributed by atoms with E-state index in [-0.39, 0.29) is 18.7 Å². The minimum Gasteiger partial charge on any atom is -0.453 e. The van der Waals surface area contributed by atoms with Crippen molar-refractivity contribution in [3.8, 4) is 0 Å². The van der Waals surface area contributed by atoms with Crippen LogP contribution in [0, 0.1) is 0 Å². The molecule has 0 heterocycles. The molecule has 0 bridgehead atoms. The van der Waals surface area contributed by atoms with Crippen LogP contribution >= 0.6 is 0 Å². The second-order valence-electron chi connectivity index (χ2n) is 7.29. The van der Waals surface area contributed by atoms with Gasteiger partial charge in [0.2, 0.25) is 0 Å². The third-order valence-electron chi connectivity index (χ3n) is 3.46. The summed E-state index contributed by atoms with van der Waals surface area (Å²) < 4.78 is 10.2. The van der Waals surface area contributed by atoms with E-state index in [1.807, 2.05) is 0 Å². The summed E-state index contributed by atoms with van der Waals surface area (Å²) in [5.41, 5.74) is 0.454. The Labute approximate surface area is 165 Å². The molecule has 0 aliphatic heterocycles. The summed E-state index contributed by atoms with van der Waals surface area (Å²) in [5.74, 6) is -1.09. The van der Waals surface area contributed by atoms with Gasteiger partial charge in [-0.3, -0.25) is 14.4 Å². The molecule has 0 aliphatic rings. The summed E-state index contributed by atoms with van der Waals surface area (Å²) in [4.78, 5) is 46.6. The maximum absolute atomic E-state index is 12.1. The molecule has 8 nitrogen and oxygen atoms in total. The third kappa shape index (κ3) is 9.16. The molecule has 0 spiro atoms. The Balaban J connectivity index is 2.32. The number of ether oxygens (including phenoxy) is 2. The molecule has 0 saturated carbocycles. The van der Waals surface area contributed by atoms with Gasteiger partial charge in [-0.15, -0.1) is 0 Å². The van der Waals surface area contributed by atoms with Crippen molar-refractivity contribution in [2.24, 2.45) is 0 Å².